The zero-order chi connectivity index (χ0) is 26.7. The van der Waals surface area contributed by atoms with Gasteiger partial charge in [0.15, 0.2) is 0 Å². The monoisotopic (exact) mass is 512 g/mol. The Kier molecular flexibility index (Phi) is 10.7. The van der Waals surface area contributed by atoms with E-state index in [0.717, 1.165) is 69.4 Å². The van der Waals surface area contributed by atoms with E-state index in [1.54, 1.807) is 19.1 Å². The number of hydrogen-bond donors (Lipinski definition) is 1. The second kappa shape index (κ2) is 14.0. The van der Waals surface area contributed by atoms with Crippen LogP contribution in [0.15, 0.2) is 48.5 Å². The van der Waals surface area contributed by atoms with E-state index in [1.165, 1.54) is 12.1 Å². The summed E-state index contributed by atoms with van der Waals surface area (Å²) in [6, 6.07) is 16.2. The van der Waals surface area contributed by atoms with Crippen LogP contribution in [0.25, 0.3) is 0 Å². The molecule has 1 amide bonds. The summed E-state index contributed by atoms with van der Waals surface area (Å²) in [7, 11) is 3.42. The summed E-state index contributed by atoms with van der Waals surface area (Å²) in [5.41, 5.74) is 1.84. The number of amides is 1. The summed E-state index contributed by atoms with van der Waals surface area (Å²) in [5.74, 6) is 1.84. The predicted molar refractivity (Wildman–Crippen MR) is 150 cm³/mol. The third-order valence-corrected chi connectivity index (χ3v) is 6.34. The van der Waals surface area contributed by atoms with Gasteiger partial charge >= 0.3 is 6.09 Å². The van der Waals surface area contributed by atoms with Gasteiger partial charge in [-0.05, 0) is 64.4 Å². The fraction of sp³-hybridized carbons (Fsp3) is 0.552. The topological polar surface area (TPSA) is 66.5 Å². The second-order valence-corrected chi connectivity index (χ2v) is 10.2. The lowest BCUT2D eigenvalue weighted by Gasteiger charge is -2.27. The first kappa shape index (κ1) is 28.4. The zero-order valence-corrected chi connectivity index (χ0v) is 23.2. The molecule has 0 spiro atoms. The number of ether oxygens (including phenoxy) is 3. The fourth-order valence-corrected chi connectivity index (χ4v) is 4.54. The normalized spacial score (nSPS) is 16.6. The van der Waals surface area contributed by atoms with Crippen LogP contribution in [0.5, 0.6) is 11.5 Å². The molecule has 1 N–H and O–H groups in total. The Balaban J connectivity index is 0.000000220. The molecule has 2 fully saturated rings. The minimum Gasteiger partial charge on any atom is -0.495 e. The number of benzene rings is 2. The molecule has 8 heteroatoms. The summed E-state index contributed by atoms with van der Waals surface area (Å²) in [6.07, 6.45) is 1.88. The first-order chi connectivity index (χ1) is 17.8. The Labute approximate surface area is 222 Å². The van der Waals surface area contributed by atoms with E-state index in [9.17, 15) is 4.79 Å². The van der Waals surface area contributed by atoms with Crippen LogP contribution in [-0.4, -0.2) is 83.2 Å². The van der Waals surface area contributed by atoms with Gasteiger partial charge in [0.1, 0.15) is 17.1 Å². The highest BCUT2D eigenvalue weighted by molar-refractivity contribution is 5.68. The maximum Gasteiger partial charge on any atom is 0.410 e. The maximum atomic E-state index is 12.2. The van der Waals surface area contributed by atoms with Crippen LogP contribution in [0.1, 0.15) is 33.6 Å². The Morgan fingerprint density at radius 2 is 1.30 bits per heavy atom. The van der Waals surface area contributed by atoms with Gasteiger partial charge in [-0.2, -0.15) is 0 Å². The molecule has 0 unspecified atom stereocenters. The number of rotatable bonds is 4. The van der Waals surface area contributed by atoms with Gasteiger partial charge in [-0.1, -0.05) is 24.3 Å². The van der Waals surface area contributed by atoms with E-state index in [4.69, 9.17) is 14.2 Å². The van der Waals surface area contributed by atoms with Gasteiger partial charge in [-0.25, -0.2) is 4.79 Å². The Hall–Kier alpha value is -3.13. The van der Waals surface area contributed by atoms with Crippen LogP contribution in [0.4, 0.5) is 16.2 Å². The largest absolute Gasteiger partial charge is 0.495 e. The van der Waals surface area contributed by atoms with Gasteiger partial charge in [-0.3, -0.25) is 0 Å². The van der Waals surface area contributed by atoms with Crippen molar-refractivity contribution in [2.75, 3.05) is 76.4 Å². The molecule has 0 radical (unpaired) electrons. The number of para-hydroxylation sites is 4. The lowest BCUT2D eigenvalue weighted by atomic mass is 10.2. The predicted octanol–water partition coefficient (Wildman–Crippen LogP) is 4.64. The molecule has 8 nitrogen and oxygen atoms in total. The molecule has 2 saturated heterocycles. The first-order valence-electron chi connectivity index (χ1n) is 13.3. The van der Waals surface area contributed by atoms with Gasteiger partial charge in [0, 0.05) is 45.8 Å². The van der Waals surface area contributed by atoms with E-state index in [1.807, 2.05) is 51.1 Å². The van der Waals surface area contributed by atoms with Gasteiger partial charge < -0.3 is 34.2 Å². The van der Waals surface area contributed by atoms with Crippen LogP contribution >= 0.6 is 0 Å². The van der Waals surface area contributed by atoms with Crippen LogP contribution in [0.2, 0.25) is 0 Å². The zero-order valence-electron chi connectivity index (χ0n) is 23.2. The number of carbonyl (C=O) groups excluding carboxylic acids is 1. The SMILES string of the molecule is COc1ccccc1N1CCCN(C(=O)OC(C)(C)C)CC1.COc1ccccc1N1CCCNCC1. The highest BCUT2D eigenvalue weighted by Gasteiger charge is 2.25. The van der Waals surface area contributed by atoms with Crippen molar-refractivity contribution in [3.63, 3.8) is 0 Å². The van der Waals surface area contributed by atoms with E-state index in [0.29, 0.717) is 6.54 Å². The summed E-state index contributed by atoms with van der Waals surface area (Å²) in [6.45, 7) is 13.1. The number of anilines is 2. The quantitative estimate of drug-likeness (QED) is 0.640. The molecular formula is C29H44N4O4. The number of nitrogens with zero attached hydrogens (tertiary/aromatic N) is 3. The van der Waals surface area contributed by atoms with Crippen molar-refractivity contribution in [2.24, 2.45) is 0 Å². The van der Waals surface area contributed by atoms with Crippen LogP contribution < -0.4 is 24.6 Å². The number of carbonyl (C=O) groups is 1. The number of methoxy groups -OCH3 is 2. The van der Waals surface area contributed by atoms with Crippen molar-refractivity contribution in [3.05, 3.63) is 48.5 Å². The molecule has 4 rings (SSSR count). The Morgan fingerprint density at radius 1 is 0.730 bits per heavy atom. The molecule has 37 heavy (non-hydrogen) atoms. The van der Waals surface area contributed by atoms with Crippen LogP contribution in [0, 0.1) is 0 Å². The molecule has 2 aliphatic heterocycles. The molecule has 204 valence electrons. The average Bonchev–Trinajstić information content (AvgIpc) is 3.32. The van der Waals surface area contributed by atoms with Crippen molar-refractivity contribution in [2.45, 2.75) is 39.2 Å². The summed E-state index contributed by atoms with van der Waals surface area (Å²) >= 11 is 0. The number of nitrogens with one attached hydrogen (secondary N) is 1. The van der Waals surface area contributed by atoms with E-state index < -0.39 is 5.60 Å². The highest BCUT2D eigenvalue weighted by atomic mass is 16.6. The molecule has 2 aromatic rings. The van der Waals surface area contributed by atoms with Crippen molar-refractivity contribution in [1.82, 2.24) is 10.2 Å². The van der Waals surface area contributed by atoms with Crippen molar-refractivity contribution < 1.29 is 19.0 Å². The smallest absolute Gasteiger partial charge is 0.410 e. The molecule has 0 aromatic heterocycles. The van der Waals surface area contributed by atoms with Crippen LogP contribution in [-0.2, 0) is 4.74 Å². The van der Waals surface area contributed by atoms with E-state index in [2.05, 4.69) is 33.3 Å². The Bertz CT molecular complexity index is 970. The molecule has 2 aromatic carbocycles. The fourth-order valence-electron chi connectivity index (χ4n) is 4.54. The summed E-state index contributed by atoms with van der Waals surface area (Å²) in [5, 5.41) is 3.40. The second-order valence-electron chi connectivity index (χ2n) is 10.2. The van der Waals surface area contributed by atoms with E-state index >= 15 is 0 Å². The first-order valence-corrected chi connectivity index (χ1v) is 13.3. The molecular weight excluding hydrogens is 468 g/mol. The Morgan fingerprint density at radius 3 is 1.89 bits per heavy atom. The van der Waals surface area contributed by atoms with Gasteiger partial charge in [-0.15, -0.1) is 0 Å². The van der Waals surface area contributed by atoms with Crippen molar-refractivity contribution in [1.29, 1.82) is 0 Å². The van der Waals surface area contributed by atoms with Crippen LogP contribution in [0.3, 0.4) is 0 Å². The average molecular weight is 513 g/mol. The molecule has 0 bridgehead atoms. The summed E-state index contributed by atoms with van der Waals surface area (Å²) in [4.78, 5) is 18.6. The third-order valence-electron chi connectivity index (χ3n) is 6.34. The molecule has 2 aliphatic rings. The minimum atomic E-state index is -0.453. The molecule has 0 atom stereocenters. The number of hydrogen-bond acceptors (Lipinski definition) is 7. The van der Waals surface area contributed by atoms with E-state index in [-0.39, 0.29) is 6.09 Å². The third kappa shape index (κ3) is 8.74. The standard InChI is InChI=1S/C17H26N2O3.C12H18N2O/c1-17(2,3)22-16(20)19-11-7-10-18(12-13-19)14-8-5-6-9-15(14)21-4;1-15-12-6-3-2-5-11(12)14-9-4-7-13-8-10-14/h5-6,8-9H,7,10-13H2,1-4H3;2-3,5-6,13H,4,7-10H2,1H3. The maximum absolute atomic E-state index is 12.2. The molecule has 0 saturated carbocycles. The lowest BCUT2D eigenvalue weighted by Crippen LogP contribution is -2.39. The minimum absolute atomic E-state index is 0.227. The van der Waals surface area contributed by atoms with Gasteiger partial charge in [0.25, 0.3) is 0 Å². The van der Waals surface area contributed by atoms with Gasteiger partial charge in [0.05, 0.1) is 25.6 Å². The van der Waals surface area contributed by atoms with Crippen molar-refractivity contribution in [3.8, 4) is 11.5 Å². The molecule has 2 heterocycles. The highest BCUT2D eigenvalue weighted by Crippen LogP contribution is 2.29. The lowest BCUT2D eigenvalue weighted by molar-refractivity contribution is 0.0263. The van der Waals surface area contributed by atoms with Gasteiger partial charge in [0.2, 0.25) is 0 Å². The molecule has 0 aliphatic carbocycles. The van der Waals surface area contributed by atoms with Crippen molar-refractivity contribution >= 4 is 17.5 Å². The summed E-state index contributed by atoms with van der Waals surface area (Å²) < 4.78 is 16.3.